The van der Waals surface area contributed by atoms with E-state index in [1.54, 1.807) is 19.0 Å². The van der Waals surface area contributed by atoms with Gasteiger partial charge in [0.2, 0.25) is 0 Å². The zero-order valence-electron chi connectivity index (χ0n) is 13.8. The monoisotopic (exact) mass is 347 g/mol. The Morgan fingerprint density at radius 1 is 1.28 bits per heavy atom. The molecule has 2 aromatic carbocycles. The van der Waals surface area contributed by atoms with E-state index in [0.717, 1.165) is 0 Å². The Labute approximate surface area is 143 Å². The van der Waals surface area contributed by atoms with E-state index < -0.39 is 22.8 Å². The second-order valence-electron chi connectivity index (χ2n) is 5.63. The number of benzene rings is 2. The number of rotatable bonds is 6. The number of hydrogen-bond donors (Lipinski definition) is 2. The molecule has 1 atom stereocenters. The van der Waals surface area contributed by atoms with Crippen molar-refractivity contribution in [3.8, 4) is 0 Å². The zero-order valence-corrected chi connectivity index (χ0v) is 13.8. The van der Waals surface area contributed by atoms with E-state index in [0.29, 0.717) is 11.3 Å². The van der Waals surface area contributed by atoms with Crippen LogP contribution in [0.1, 0.15) is 22.0 Å². The molecule has 0 saturated heterocycles. The van der Waals surface area contributed by atoms with Gasteiger partial charge in [0.1, 0.15) is 5.82 Å². The van der Waals surface area contributed by atoms with E-state index in [4.69, 9.17) is 0 Å². The summed E-state index contributed by atoms with van der Waals surface area (Å²) in [5.41, 5.74) is 0.897. The second kappa shape index (κ2) is 7.71. The number of amides is 1. The minimum absolute atomic E-state index is 0.111. The van der Waals surface area contributed by atoms with Gasteiger partial charge in [-0.3, -0.25) is 14.9 Å². The second-order valence-corrected chi connectivity index (χ2v) is 5.63. The van der Waals surface area contributed by atoms with Crippen LogP contribution in [0.5, 0.6) is 0 Å². The lowest BCUT2D eigenvalue weighted by Crippen LogP contribution is -2.29. The van der Waals surface area contributed by atoms with Crippen LogP contribution in [0.2, 0.25) is 0 Å². The van der Waals surface area contributed by atoms with Crippen LogP contribution in [-0.4, -0.2) is 36.6 Å². The molecule has 0 aliphatic rings. The maximum atomic E-state index is 12.9. The first-order chi connectivity index (χ1) is 11.8. The van der Waals surface area contributed by atoms with Crippen molar-refractivity contribution in [2.24, 2.45) is 0 Å². The third kappa shape index (κ3) is 4.51. The molecule has 0 heterocycles. The first-order valence-electron chi connectivity index (χ1n) is 7.47. The molecule has 0 fully saturated rings. The van der Waals surface area contributed by atoms with E-state index in [-0.39, 0.29) is 17.8 Å². The number of nitro groups is 1. The molecular formula is C17H18FN3O4. The highest BCUT2D eigenvalue weighted by Gasteiger charge is 2.19. The summed E-state index contributed by atoms with van der Waals surface area (Å²) in [5, 5.41) is 23.5. The summed E-state index contributed by atoms with van der Waals surface area (Å²) in [5.74, 6) is -0.972. The number of non-ortho nitro benzene ring substituents is 1. The third-order valence-electron chi connectivity index (χ3n) is 3.63. The predicted octanol–water partition coefficient (Wildman–Crippen LogP) is 2.26. The van der Waals surface area contributed by atoms with Gasteiger partial charge >= 0.3 is 0 Å². The Morgan fingerprint density at radius 3 is 2.48 bits per heavy atom. The molecule has 0 saturated carbocycles. The molecule has 2 rings (SSSR count). The topological polar surface area (TPSA) is 95.7 Å². The van der Waals surface area contributed by atoms with Crippen LogP contribution in [0.15, 0.2) is 42.5 Å². The smallest absolute Gasteiger partial charge is 0.270 e. The van der Waals surface area contributed by atoms with Crippen LogP contribution >= 0.6 is 0 Å². The summed E-state index contributed by atoms with van der Waals surface area (Å²) in [4.78, 5) is 24.4. The van der Waals surface area contributed by atoms with Crippen LogP contribution in [0.4, 0.5) is 15.8 Å². The predicted molar refractivity (Wildman–Crippen MR) is 91.1 cm³/mol. The van der Waals surface area contributed by atoms with Gasteiger partial charge in [0.05, 0.1) is 16.6 Å². The molecule has 2 N–H and O–H groups in total. The van der Waals surface area contributed by atoms with Crippen LogP contribution in [-0.2, 0) is 0 Å². The van der Waals surface area contributed by atoms with Crippen LogP contribution < -0.4 is 10.2 Å². The van der Waals surface area contributed by atoms with Gasteiger partial charge in [0.25, 0.3) is 11.6 Å². The summed E-state index contributed by atoms with van der Waals surface area (Å²) in [6, 6.07) is 9.27. The number of hydrogen-bond acceptors (Lipinski definition) is 5. The van der Waals surface area contributed by atoms with Gasteiger partial charge in [-0.2, -0.15) is 0 Å². The number of nitro benzene ring substituents is 1. The Balaban J connectivity index is 2.15. The van der Waals surface area contributed by atoms with Gasteiger partial charge < -0.3 is 15.3 Å². The Bertz CT molecular complexity index is 778. The Hall–Kier alpha value is -3.00. The number of anilines is 1. The summed E-state index contributed by atoms with van der Waals surface area (Å²) in [7, 11) is 3.43. The van der Waals surface area contributed by atoms with Gasteiger partial charge in [0, 0.05) is 38.5 Å². The molecule has 0 radical (unpaired) electrons. The van der Waals surface area contributed by atoms with Gasteiger partial charge in [0.15, 0.2) is 0 Å². The highest BCUT2D eigenvalue weighted by molar-refractivity contribution is 6.00. The SMILES string of the molecule is CN(C)c1ccc([N+](=O)[O-])cc1C(=O)NCC(O)c1ccc(F)cc1. The number of nitrogens with zero attached hydrogens (tertiary/aromatic N) is 2. The Morgan fingerprint density at radius 2 is 1.92 bits per heavy atom. The lowest BCUT2D eigenvalue weighted by molar-refractivity contribution is -0.384. The number of halogens is 1. The summed E-state index contributed by atoms with van der Waals surface area (Å²) in [6.07, 6.45) is -1.02. The molecular weight excluding hydrogens is 329 g/mol. The van der Waals surface area contributed by atoms with E-state index in [9.17, 15) is 24.4 Å². The molecule has 8 heteroatoms. The molecule has 0 aromatic heterocycles. The van der Waals surface area contributed by atoms with Gasteiger partial charge in [-0.25, -0.2) is 4.39 Å². The van der Waals surface area contributed by atoms with E-state index >= 15 is 0 Å². The molecule has 7 nitrogen and oxygen atoms in total. The minimum Gasteiger partial charge on any atom is -0.387 e. The van der Waals surface area contributed by atoms with Crippen molar-refractivity contribution in [1.29, 1.82) is 0 Å². The van der Waals surface area contributed by atoms with Crippen molar-refractivity contribution in [3.05, 3.63) is 69.5 Å². The quantitative estimate of drug-likeness (QED) is 0.617. The van der Waals surface area contributed by atoms with Gasteiger partial charge in [-0.15, -0.1) is 0 Å². The van der Waals surface area contributed by atoms with Crippen molar-refractivity contribution in [2.75, 3.05) is 25.5 Å². The first kappa shape index (κ1) is 18.3. The summed E-state index contributed by atoms with van der Waals surface area (Å²) in [6.45, 7) is -0.111. The standard InChI is InChI=1S/C17H18FN3O4/c1-20(2)15-8-7-13(21(24)25)9-14(15)17(23)19-10-16(22)11-3-5-12(18)6-4-11/h3-9,16,22H,10H2,1-2H3,(H,19,23). The van der Waals surface area contributed by atoms with Crippen molar-refractivity contribution in [1.82, 2.24) is 5.32 Å². The number of nitrogens with one attached hydrogen (secondary N) is 1. The number of carbonyl (C=O) groups is 1. The van der Waals surface area contributed by atoms with E-state index in [1.165, 1.54) is 42.5 Å². The maximum Gasteiger partial charge on any atom is 0.270 e. The molecule has 25 heavy (non-hydrogen) atoms. The van der Waals surface area contributed by atoms with Gasteiger partial charge in [-0.1, -0.05) is 12.1 Å². The fraction of sp³-hybridized carbons (Fsp3) is 0.235. The molecule has 1 unspecified atom stereocenters. The lowest BCUT2D eigenvalue weighted by Gasteiger charge is -2.18. The number of aliphatic hydroxyl groups excluding tert-OH is 1. The van der Waals surface area contributed by atoms with Gasteiger partial charge in [-0.05, 0) is 23.8 Å². The molecule has 0 aliphatic carbocycles. The maximum absolute atomic E-state index is 12.9. The molecule has 2 aromatic rings. The summed E-state index contributed by atoms with van der Waals surface area (Å²) >= 11 is 0. The first-order valence-corrected chi connectivity index (χ1v) is 7.47. The fourth-order valence-corrected chi connectivity index (χ4v) is 2.30. The molecule has 0 aliphatic heterocycles. The third-order valence-corrected chi connectivity index (χ3v) is 3.63. The molecule has 132 valence electrons. The van der Waals surface area contributed by atoms with E-state index in [1.807, 2.05) is 0 Å². The highest BCUT2D eigenvalue weighted by atomic mass is 19.1. The lowest BCUT2D eigenvalue weighted by atomic mass is 10.1. The molecule has 0 spiro atoms. The minimum atomic E-state index is -1.02. The summed E-state index contributed by atoms with van der Waals surface area (Å²) < 4.78 is 12.9. The normalized spacial score (nSPS) is 11.7. The van der Waals surface area contributed by atoms with Crippen molar-refractivity contribution < 1.29 is 19.2 Å². The number of aliphatic hydroxyl groups is 1. The fourth-order valence-electron chi connectivity index (χ4n) is 2.30. The molecule has 1 amide bonds. The highest BCUT2D eigenvalue weighted by Crippen LogP contribution is 2.24. The van der Waals surface area contributed by atoms with E-state index in [2.05, 4.69) is 5.32 Å². The van der Waals surface area contributed by atoms with Crippen LogP contribution in [0.3, 0.4) is 0 Å². The number of carbonyl (C=O) groups excluding carboxylic acids is 1. The Kier molecular flexibility index (Phi) is 5.66. The van der Waals surface area contributed by atoms with Crippen molar-refractivity contribution in [2.45, 2.75) is 6.10 Å². The average Bonchev–Trinajstić information content (AvgIpc) is 2.59. The average molecular weight is 347 g/mol. The van der Waals surface area contributed by atoms with Crippen LogP contribution in [0.25, 0.3) is 0 Å². The van der Waals surface area contributed by atoms with Crippen molar-refractivity contribution in [3.63, 3.8) is 0 Å². The zero-order chi connectivity index (χ0) is 18.6. The molecule has 0 bridgehead atoms. The largest absolute Gasteiger partial charge is 0.387 e. The van der Waals surface area contributed by atoms with Crippen molar-refractivity contribution >= 4 is 17.3 Å². The van der Waals surface area contributed by atoms with Crippen LogP contribution in [0, 0.1) is 15.9 Å².